The molecule has 6 nitrogen and oxygen atoms in total. The van der Waals surface area contributed by atoms with E-state index < -0.39 is 10.0 Å². The van der Waals surface area contributed by atoms with Crippen molar-refractivity contribution in [2.45, 2.75) is 4.90 Å². The Kier molecular flexibility index (Phi) is 4.53. The van der Waals surface area contributed by atoms with Crippen molar-refractivity contribution in [2.75, 3.05) is 18.9 Å². The normalized spacial score (nSPS) is 10.6. The minimum atomic E-state index is -3.84. The summed E-state index contributed by atoms with van der Waals surface area (Å²) in [5, 5.41) is 9.01. The van der Waals surface area contributed by atoms with E-state index in [0.717, 1.165) is 0 Å². The molecule has 0 fully saturated rings. The van der Waals surface area contributed by atoms with Crippen molar-refractivity contribution in [3.63, 3.8) is 0 Å². The number of benzene rings is 2. The van der Waals surface area contributed by atoms with Crippen LogP contribution in [0.4, 0.5) is 5.69 Å². The monoisotopic (exact) mass is 318 g/mol. The number of methoxy groups -OCH3 is 2. The average molecular weight is 318 g/mol. The fourth-order valence-corrected chi connectivity index (χ4v) is 2.95. The molecule has 22 heavy (non-hydrogen) atoms. The number of hydrogen-bond acceptors (Lipinski definition) is 5. The van der Waals surface area contributed by atoms with E-state index in [4.69, 9.17) is 14.7 Å². The first-order valence-corrected chi connectivity index (χ1v) is 7.74. The molecule has 2 aromatic rings. The van der Waals surface area contributed by atoms with Crippen LogP contribution in [0.5, 0.6) is 11.5 Å². The van der Waals surface area contributed by atoms with Crippen molar-refractivity contribution in [1.82, 2.24) is 0 Å². The minimum absolute atomic E-state index is 0.0119. The van der Waals surface area contributed by atoms with E-state index in [0.29, 0.717) is 11.5 Å². The van der Waals surface area contributed by atoms with Crippen LogP contribution >= 0.6 is 0 Å². The van der Waals surface area contributed by atoms with Crippen molar-refractivity contribution >= 4 is 15.7 Å². The van der Waals surface area contributed by atoms with Gasteiger partial charge < -0.3 is 9.47 Å². The maximum Gasteiger partial charge on any atom is 0.262 e. The zero-order valence-electron chi connectivity index (χ0n) is 12.0. The van der Waals surface area contributed by atoms with Crippen LogP contribution in [0.1, 0.15) is 5.56 Å². The van der Waals surface area contributed by atoms with E-state index in [9.17, 15) is 8.42 Å². The Balaban J connectivity index is 2.41. The van der Waals surface area contributed by atoms with E-state index >= 15 is 0 Å². The van der Waals surface area contributed by atoms with Crippen LogP contribution in [0.2, 0.25) is 0 Å². The summed E-state index contributed by atoms with van der Waals surface area (Å²) in [7, 11) is -0.951. The predicted octanol–water partition coefficient (Wildman–Crippen LogP) is 2.38. The number of rotatable bonds is 5. The van der Waals surface area contributed by atoms with E-state index in [1.165, 1.54) is 44.6 Å². The quantitative estimate of drug-likeness (QED) is 0.914. The van der Waals surface area contributed by atoms with Crippen LogP contribution in [0.25, 0.3) is 0 Å². The molecule has 7 heteroatoms. The van der Waals surface area contributed by atoms with Gasteiger partial charge in [-0.05, 0) is 24.3 Å². The maximum atomic E-state index is 12.4. The second kappa shape index (κ2) is 6.37. The molecule has 0 aromatic heterocycles. The maximum absolute atomic E-state index is 12.4. The SMILES string of the molecule is COc1ccc(S(=O)(=O)Nc2ccccc2C#N)cc1OC. The minimum Gasteiger partial charge on any atom is -0.493 e. The Bertz CT molecular complexity index is 826. The van der Waals surface area contributed by atoms with Gasteiger partial charge in [0.25, 0.3) is 10.0 Å². The van der Waals surface area contributed by atoms with Gasteiger partial charge in [-0.2, -0.15) is 5.26 Å². The Morgan fingerprint density at radius 1 is 1.05 bits per heavy atom. The highest BCUT2D eigenvalue weighted by Crippen LogP contribution is 2.30. The van der Waals surface area contributed by atoms with Gasteiger partial charge >= 0.3 is 0 Å². The second-order valence-corrected chi connectivity index (χ2v) is 5.96. The van der Waals surface area contributed by atoms with Crippen LogP contribution in [0.15, 0.2) is 47.4 Å². The van der Waals surface area contributed by atoms with Crippen LogP contribution in [0, 0.1) is 11.3 Å². The van der Waals surface area contributed by atoms with Crippen molar-refractivity contribution in [1.29, 1.82) is 5.26 Å². The topological polar surface area (TPSA) is 88.4 Å². The number of ether oxygens (including phenoxy) is 2. The molecule has 0 saturated carbocycles. The summed E-state index contributed by atoms with van der Waals surface area (Å²) in [4.78, 5) is 0.0119. The van der Waals surface area contributed by atoms with Gasteiger partial charge in [0.15, 0.2) is 11.5 Å². The van der Waals surface area contributed by atoms with Crippen molar-refractivity contribution in [3.05, 3.63) is 48.0 Å². The fraction of sp³-hybridized carbons (Fsp3) is 0.133. The summed E-state index contributed by atoms with van der Waals surface area (Å²) in [6.45, 7) is 0. The lowest BCUT2D eigenvalue weighted by Crippen LogP contribution is -2.14. The third-order valence-electron chi connectivity index (χ3n) is 2.96. The first-order valence-electron chi connectivity index (χ1n) is 6.26. The van der Waals surface area contributed by atoms with Gasteiger partial charge in [-0.15, -0.1) is 0 Å². The molecule has 0 spiro atoms. The lowest BCUT2D eigenvalue weighted by molar-refractivity contribution is 0.354. The smallest absolute Gasteiger partial charge is 0.262 e. The second-order valence-electron chi connectivity index (χ2n) is 4.28. The number of nitrogens with zero attached hydrogens (tertiary/aromatic N) is 1. The highest BCUT2D eigenvalue weighted by molar-refractivity contribution is 7.92. The van der Waals surface area contributed by atoms with E-state index in [-0.39, 0.29) is 16.1 Å². The van der Waals surface area contributed by atoms with Gasteiger partial charge in [0.1, 0.15) is 6.07 Å². The molecule has 0 unspecified atom stereocenters. The van der Waals surface area contributed by atoms with Gasteiger partial charge in [0.05, 0.1) is 30.4 Å². The summed E-state index contributed by atoms with van der Waals surface area (Å²) in [6, 6.07) is 12.6. The number of hydrogen-bond donors (Lipinski definition) is 1. The molecular weight excluding hydrogens is 304 g/mol. The summed E-state index contributed by atoms with van der Waals surface area (Å²) in [6.07, 6.45) is 0. The van der Waals surface area contributed by atoms with Crippen molar-refractivity contribution in [2.24, 2.45) is 0 Å². The lowest BCUT2D eigenvalue weighted by Gasteiger charge is -2.12. The zero-order valence-corrected chi connectivity index (χ0v) is 12.8. The zero-order chi connectivity index (χ0) is 16.2. The number of anilines is 1. The number of para-hydroxylation sites is 1. The molecular formula is C15H14N2O4S. The Labute approximate surface area is 129 Å². The average Bonchev–Trinajstić information content (AvgIpc) is 2.54. The lowest BCUT2D eigenvalue weighted by atomic mass is 10.2. The Hall–Kier alpha value is -2.72. The Morgan fingerprint density at radius 3 is 2.36 bits per heavy atom. The van der Waals surface area contributed by atoms with Gasteiger partial charge in [-0.25, -0.2) is 8.42 Å². The van der Waals surface area contributed by atoms with Crippen LogP contribution in [-0.4, -0.2) is 22.6 Å². The molecule has 0 radical (unpaired) electrons. The van der Waals surface area contributed by atoms with E-state index in [1.54, 1.807) is 12.1 Å². The molecule has 2 aromatic carbocycles. The molecule has 114 valence electrons. The Morgan fingerprint density at radius 2 is 1.73 bits per heavy atom. The molecule has 0 aliphatic carbocycles. The van der Waals surface area contributed by atoms with Gasteiger partial charge in [-0.1, -0.05) is 12.1 Å². The summed E-state index contributed by atoms with van der Waals surface area (Å²) in [5.41, 5.74) is 0.464. The number of nitrogens with one attached hydrogen (secondary N) is 1. The van der Waals surface area contributed by atoms with Crippen LogP contribution in [-0.2, 0) is 10.0 Å². The number of nitriles is 1. The van der Waals surface area contributed by atoms with Gasteiger partial charge in [0, 0.05) is 6.07 Å². The number of sulfonamides is 1. The summed E-state index contributed by atoms with van der Waals surface area (Å²) >= 11 is 0. The molecule has 0 amide bonds. The molecule has 0 atom stereocenters. The van der Waals surface area contributed by atoms with Crippen molar-refractivity contribution < 1.29 is 17.9 Å². The summed E-state index contributed by atoms with van der Waals surface area (Å²) < 4.78 is 37.4. The predicted molar refractivity (Wildman–Crippen MR) is 81.5 cm³/mol. The molecule has 0 aliphatic heterocycles. The molecule has 0 aliphatic rings. The molecule has 0 heterocycles. The first kappa shape index (κ1) is 15.7. The molecule has 0 bridgehead atoms. The van der Waals surface area contributed by atoms with E-state index in [1.807, 2.05) is 6.07 Å². The van der Waals surface area contributed by atoms with Crippen LogP contribution < -0.4 is 14.2 Å². The van der Waals surface area contributed by atoms with Gasteiger partial charge in [0.2, 0.25) is 0 Å². The fourth-order valence-electron chi connectivity index (χ4n) is 1.86. The third kappa shape index (κ3) is 3.13. The largest absolute Gasteiger partial charge is 0.493 e. The van der Waals surface area contributed by atoms with Gasteiger partial charge in [-0.3, -0.25) is 4.72 Å². The summed E-state index contributed by atoms with van der Waals surface area (Å²) in [5.74, 6) is 0.734. The molecule has 0 saturated heterocycles. The van der Waals surface area contributed by atoms with E-state index in [2.05, 4.69) is 4.72 Å². The first-order chi connectivity index (χ1) is 10.5. The van der Waals surface area contributed by atoms with Crippen LogP contribution in [0.3, 0.4) is 0 Å². The standard InChI is InChI=1S/C15H14N2O4S/c1-20-14-8-7-12(9-15(14)21-2)22(18,19)17-13-6-4-3-5-11(13)10-16/h3-9,17H,1-2H3. The third-order valence-corrected chi connectivity index (χ3v) is 4.32. The highest BCUT2D eigenvalue weighted by Gasteiger charge is 2.18. The molecule has 2 rings (SSSR count). The highest BCUT2D eigenvalue weighted by atomic mass is 32.2. The van der Waals surface area contributed by atoms with Crippen molar-refractivity contribution in [3.8, 4) is 17.6 Å². The molecule has 1 N–H and O–H groups in total.